The van der Waals surface area contributed by atoms with Gasteiger partial charge in [-0.2, -0.15) is 5.10 Å². The van der Waals surface area contributed by atoms with E-state index >= 15 is 0 Å². The Kier molecular flexibility index (Phi) is 4.87. The number of hydrogen-bond acceptors (Lipinski definition) is 5. The molecular formula is C17H14ClN3O3S. The number of anilines is 1. The van der Waals surface area contributed by atoms with Gasteiger partial charge in [-0.1, -0.05) is 23.7 Å². The molecule has 1 amide bonds. The van der Waals surface area contributed by atoms with E-state index in [1.165, 1.54) is 18.4 Å². The van der Waals surface area contributed by atoms with Gasteiger partial charge in [0.2, 0.25) is 0 Å². The average molecular weight is 376 g/mol. The lowest BCUT2D eigenvalue weighted by Gasteiger charge is -2.03. The average Bonchev–Trinajstić information content (AvgIpc) is 3.22. The molecule has 0 radical (unpaired) electrons. The van der Waals surface area contributed by atoms with E-state index in [9.17, 15) is 9.59 Å². The lowest BCUT2D eigenvalue weighted by atomic mass is 10.1. The van der Waals surface area contributed by atoms with Crippen LogP contribution in [0.4, 0.5) is 5.00 Å². The summed E-state index contributed by atoms with van der Waals surface area (Å²) in [6.45, 7) is 1.85. The smallest absolute Gasteiger partial charge is 0.340 e. The second kappa shape index (κ2) is 7.08. The number of thiophene rings is 1. The van der Waals surface area contributed by atoms with Gasteiger partial charge in [0.15, 0.2) is 0 Å². The van der Waals surface area contributed by atoms with Gasteiger partial charge >= 0.3 is 5.97 Å². The summed E-state index contributed by atoms with van der Waals surface area (Å²) in [5.41, 5.74) is 2.07. The summed E-state index contributed by atoms with van der Waals surface area (Å²) < 4.78 is 4.73. The van der Waals surface area contributed by atoms with E-state index in [4.69, 9.17) is 16.3 Å². The molecule has 0 aliphatic rings. The first kappa shape index (κ1) is 17.2. The minimum Gasteiger partial charge on any atom is -0.465 e. The summed E-state index contributed by atoms with van der Waals surface area (Å²) >= 11 is 7.17. The molecule has 6 nitrogen and oxygen atoms in total. The van der Waals surface area contributed by atoms with Crippen molar-refractivity contribution in [2.75, 3.05) is 12.4 Å². The van der Waals surface area contributed by atoms with Crippen molar-refractivity contribution in [2.45, 2.75) is 6.92 Å². The predicted octanol–water partition coefficient (Wildman–Crippen LogP) is 4.14. The summed E-state index contributed by atoms with van der Waals surface area (Å²) in [5, 5.41) is 10.6. The first-order valence-corrected chi connectivity index (χ1v) is 8.49. The molecular weight excluding hydrogens is 362 g/mol. The van der Waals surface area contributed by atoms with Crippen molar-refractivity contribution in [1.82, 2.24) is 10.2 Å². The van der Waals surface area contributed by atoms with Crippen LogP contribution in [0, 0.1) is 6.92 Å². The molecule has 25 heavy (non-hydrogen) atoms. The highest BCUT2D eigenvalue weighted by molar-refractivity contribution is 7.16. The van der Waals surface area contributed by atoms with E-state index in [0.29, 0.717) is 21.3 Å². The third kappa shape index (κ3) is 3.72. The van der Waals surface area contributed by atoms with E-state index < -0.39 is 5.97 Å². The van der Waals surface area contributed by atoms with Crippen LogP contribution in [-0.2, 0) is 4.74 Å². The summed E-state index contributed by atoms with van der Waals surface area (Å²) in [6, 6.07) is 10.5. The zero-order valence-electron chi connectivity index (χ0n) is 13.4. The molecule has 0 atom stereocenters. The molecule has 2 heterocycles. The minimum absolute atomic E-state index is 0.284. The van der Waals surface area contributed by atoms with E-state index in [2.05, 4.69) is 15.5 Å². The molecule has 2 aromatic heterocycles. The van der Waals surface area contributed by atoms with E-state index in [1.807, 2.05) is 19.1 Å². The molecule has 0 fully saturated rings. The molecule has 128 valence electrons. The third-order valence-corrected chi connectivity index (χ3v) is 4.67. The van der Waals surface area contributed by atoms with Gasteiger partial charge < -0.3 is 10.1 Å². The fraction of sp³-hybridized carbons (Fsp3) is 0.118. The largest absolute Gasteiger partial charge is 0.465 e. The number of ether oxygens (including phenoxy) is 1. The monoisotopic (exact) mass is 375 g/mol. The Labute approximate surface area is 152 Å². The minimum atomic E-state index is -0.494. The molecule has 0 saturated carbocycles. The highest BCUT2D eigenvalue weighted by atomic mass is 35.5. The van der Waals surface area contributed by atoms with E-state index in [-0.39, 0.29) is 11.6 Å². The molecule has 1 aromatic carbocycles. The number of carbonyl (C=O) groups excluding carboxylic acids is 2. The van der Waals surface area contributed by atoms with Crippen LogP contribution in [0.5, 0.6) is 0 Å². The van der Waals surface area contributed by atoms with Crippen molar-refractivity contribution in [3.05, 3.63) is 57.6 Å². The molecule has 0 spiro atoms. The molecule has 3 aromatic rings. The van der Waals surface area contributed by atoms with Gasteiger partial charge in [0.05, 0.1) is 18.4 Å². The topological polar surface area (TPSA) is 84.1 Å². The van der Waals surface area contributed by atoms with Gasteiger partial charge in [0.1, 0.15) is 10.7 Å². The molecule has 0 unspecified atom stereocenters. The number of amides is 1. The highest BCUT2D eigenvalue weighted by Crippen LogP contribution is 2.29. The van der Waals surface area contributed by atoms with Crippen LogP contribution in [0.15, 0.2) is 36.4 Å². The van der Waals surface area contributed by atoms with E-state index in [1.54, 1.807) is 24.3 Å². The molecule has 3 rings (SSSR count). The van der Waals surface area contributed by atoms with Crippen molar-refractivity contribution in [3.8, 4) is 11.3 Å². The van der Waals surface area contributed by atoms with Crippen molar-refractivity contribution >= 4 is 39.8 Å². The van der Waals surface area contributed by atoms with Gasteiger partial charge in [-0.15, -0.1) is 11.3 Å². The maximum Gasteiger partial charge on any atom is 0.340 e. The van der Waals surface area contributed by atoms with Gasteiger partial charge in [-0.25, -0.2) is 4.79 Å². The number of carbonyl (C=O) groups is 2. The fourth-order valence-corrected chi connectivity index (χ4v) is 3.27. The maximum atomic E-state index is 12.4. The van der Waals surface area contributed by atoms with Gasteiger partial charge in [0.25, 0.3) is 5.91 Å². The Bertz CT molecular complexity index is 931. The first-order chi connectivity index (χ1) is 12.0. The molecule has 0 bridgehead atoms. The predicted molar refractivity (Wildman–Crippen MR) is 97.4 cm³/mol. The number of nitrogens with one attached hydrogen (secondary N) is 2. The number of aryl methyl sites for hydroxylation is 1. The quantitative estimate of drug-likeness (QED) is 0.671. The van der Waals surface area contributed by atoms with Crippen LogP contribution >= 0.6 is 22.9 Å². The Morgan fingerprint density at radius 1 is 1.24 bits per heavy atom. The van der Waals surface area contributed by atoms with Crippen molar-refractivity contribution in [1.29, 1.82) is 0 Å². The lowest BCUT2D eigenvalue weighted by Crippen LogP contribution is -2.14. The number of esters is 1. The zero-order chi connectivity index (χ0) is 18.0. The van der Waals surface area contributed by atoms with Crippen LogP contribution in [0.3, 0.4) is 0 Å². The number of rotatable bonds is 4. The number of hydrogen-bond donors (Lipinski definition) is 2. The number of aromatic amines is 1. The molecule has 8 heteroatoms. The normalized spacial score (nSPS) is 10.5. The Hall–Kier alpha value is -2.64. The van der Waals surface area contributed by atoms with Crippen LogP contribution in [0.2, 0.25) is 5.02 Å². The van der Waals surface area contributed by atoms with Gasteiger partial charge in [-0.05, 0) is 31.2 Å². The molecule has 0 saturated heterocycles. The number of aromatic nitrogens is 2. The Morgan fingerprint density at radius 2 is 1.96 bits per heavy atom. The third-order valence-electron chi connectivity index (χ3n) is 3.45. The van der Waals surface area contributed by atoms with Crippen LogP contribution < -0.4 is 5.32 Å². The van der Waals surface area contributed by atoms with Crippen LogP contribution in [0.25, 0.3) is 11.3 Å². The Morgan fingerprint density at radius 3 is 2.64 bits per heavy atom. The standard InChI is InChI=1S/C17H14ClN3O3S/c1-9-7-12(17(23)24-2)16(25-9)19-15(22)14-8-13(20-21-14)10-3-5-11(18)6-4-10/h3-8H,1-2H3,(H,19,22)(H,20,21). The number of nitrogens with zero attached hydrogens (tertiary/aromatic N) is 1. The molecule has 2 N–H and O–H groups in total. The lowest BCUT2D eigenvalue weighted by molar-refractivity contribution is 0.0602. The van der Waals surface area contributed by atoms with Crippen molar-refractivity contribution in [3.63, 3.8) is 0 Å². The number of methoxy groups -OCH3 is 1. The molecule has 0 aliphatic carbocycles. The maximum absolute atomic E-state index is 12.4. The highest BCUT2D eigenvalue weighted by Gasteiger charge is 2.19. The number of halogens is 1. The second-order valence-electron chi connectivity index (χ2n) is 5.22. The summed E-state index contributed by atoms with van der Waals surface area (Å²) in [7, 11) is 1.30. The fourth-order valence-electron chi connectivity index (χ4n) is 2.25. The van der Waals surface area contributed by atoms with Crippen LogP contribution in [0.1, 0.15) is 25.7 Å². The Balaban J connectivity index is 1.81. The summed E-state index contributed by atoms with van der Waals surface area (Å²) in [6.07, 6.45) is 0. The van der Waals surface area contributed by atoms with Gasteiger partial charge in [-0.3, -0.25) is 9.89 Å². The summed E-state index contributed by atoms with van der Waals surface area (Å²) in [4.78, 5) is 25.1. The number of benzene rings is 1. The number of H-pyrrole nitrogens is 1. The van der Waals surface area contributed by atoms with E-state index in [0.717, 1.165) is 10.4 Å². The van der Waals surface area contributed by atoms with Crippen molar-refractivity contribution in [2.24, 2.45) is 0 Å². The SMILES string of the molecule is COC(=O)c1cc(C)sc1NC(=O)c1cc(-c2ccc(Cl)cc2)n[nH]1. The first-order valence-electron chi connectivity index (χ1n) is 7.29. The van der Waals surface area contributed by atoms with Crippen molar-refractivity contribution < 1.29 is 14.3 Å². The van der Waals surface area contributed by atoms with Crippen LogP contribution in [-0.4, -0.2) is 29.2 Å². The zero-order valence-corrected chi connectivity index (χ0v) is 15.0. The van der Waals surface area contributed by atoms with Gasteiger partial charge in [0, 0.05) is 15.5 Å². The molecule has 0 aliphatic heterocycles. The second-order valence-corrected chi connectivity index (χ2v) is 6.91. The summed E-state index contributed by atoms with van der Waals surface area (Å²) in [5.74, 6) is -0.883.